The van der Waals surface area contributed by atoms with Crippen molar-refractivity contribution in [3.8, 4) is 0 Å². The number of esters is 1. The molecule has 0 aromatic heterocycles. The van der Waals surface area contributed by atoms with Crippen molar-refractivity contribution in [2.45, 2.75) is 44.1 Å². The second kappa shape index (κ2) is 7.43. The highest BCUT2D eigenvalue weighted by Gasteiger charge is 2.50. The van der Waals surface area contributed by atoms with E-state index in [1.165, 1.54) is 0 Å². The Bertz CT molecular complexity index is 549. The summed E-state index contributed by atoms with van der Waals surface area (Å²) in [7, 11) is 0. The summed E-state index contributed by atoms with van der Waals surface area (Å²) < 4.78 is 9.85. The molecule has 3 atom stereocenters. The zero-order valence-corrected chi connectivity index (χ0v) is 12.9. The number of alkyl carbamates (subject to hydrolysis) is 1. The van der Waals surface area contributed by atoms with E-state index in [9.17, 15) is 19.8 Å². The van der Waals surface area contributed by atoms with Gasteiger partial charge in [-0.1, -0.05) is 30.3 Å². The number of rotatable bonds is 5. The van der Waals surface area contributed by atoms with Crippen LogP contribution in [0.25, 0.3) is 0 Å². The van der Waals surface area contributed by atoms with Crippen LogP contribution in [-0.2, 0) is 20.9 Å². The van der Waals surface area contributed by atoms with Crippen molar-refractivity contribution in [1.82, 2.24) is 5.32 Å². The van der Waals surface area contributed by atoms with Gasteiger partial charge in [0.1, 0.15) is 6.61 Å². The number of hydrogen-bond donors (Lipinski definition) is 3. The quantitative estimate of drug-likeness (QED) is 0.690. The zero-order valence-electron chi connectivity index (χ0n) is 12.9. The van der Waals surface area contributed by atoms with E-state index in [0.29, 0.717) is 0 Å². The van der Waals surface area contributed by atoms with Crippen molar-refractivity contribution in [2.24, 2.45) is 0 Å². The number of nitrogens with one attached hydrogen (secondary N) is 1. The molecule has 0 aliphatic heterocycles. The molecule has 0 spiro atoms. The van der Waals surface area contributed by atoms with Crippen LogP contribution in [0, 0.1) is 0 Å². The van der Waals surface area contributed by atoms with Gasteiger partial charge < -0.3 is 25.0 Å². The van der Waals surface area contributed by atoms with Crippen LogP contribution in [-0.4, -0.2) is 46.6 Å². The summed E-state index contributed by atoms with van der Waals surface area (Å²) in [4.78, 5) is 23.5. The number of carbonyl (C=O) groups is 2. The van der Waals surface area contributed by atoms with Crippen LogP contribution in [0.4, 0.5) is 4.79 Å². The number of aliphatic hydroxyl groups excluding tert-OH is 1. The molecular formula is C16H21NO6. The first-order valence-corrected chi connectivity index (χ1v) is 7.49. The minimum absolute atomic E-state index is 0.0949. The molecule has 0 radical (unpaired) electrons. The minimum Gasteiger partial charge on any atom is -0.464 e. The lowest BCUT2D eigenvalue weighted by Crippen LogP contribution is -2.42. The maximum absolute atomic E-state index is 11.8. The van der Waals surface area contributed by atoms with Crippen molar-refractivity contribution in [3.05, 3.63) is 35.9 Å². The molecule has 7 heteroatoms. The molecule has 1 fully saturated rings. The Hall–Kier alpha value is -2.12. The fourth-order valence-corrected chi connectivity index (χ4v) is 2.57. The van der Waals surface area contributed by atoms with E-state index in [-0.39, 0.29) is 26.1 Å². The maximum Gasteiger partial charge on any atom is 0.407 e. The summed E-state index contributed by atoms with van der Waals surface area (Å²) in [6.07, 6.45) is -2.07. The smallest absolute Gasteiger partial charge is 0.407 e. The molecule has 1 unspecified atom stereocenters. The van der Waals surface area contributed by atoms with Gasteiger partial charge >= 0.3 is 12.1 Å². The highest BCUT2D eigenvalue weighted by atomic mass is 16.6. The Kier molecular flexibility index (Phi) is 5.57. The van der Waals surface area contributed by atoms with E-state index < -0.39 is 29.8 Å². The molecule has 1 aliphatic rings. The van der Waals surface area contributed by atoms with Crippen molar-refractivity contribution in [2.75, 3.05) is 6.61 Å². The van der Waals surface area contributed by atoms with Crippen LogP contribution in [0.3, 0.4) is 0 Å². The normalized spacial score (nSPS) is 26.6. The van der Waals surface area contributed by atoms with Gasteiger partial charge in [-0.15, -0.1) is 0 Å². The van der Waals surface area contributed by atoms with E-state index in [4.69, 9.17) is 9.47 Å². The van der Waals surface area contributed by atoms with Crippen molar-refractivity contribution >= 4 is 12.1 Å². The van der Waals surface area contributed by atoms with Crippen molar-refractivity contribution in [3.63, 3.8) is 0 Å². The highest BCUT2D eigenvalue weighted by Crippen LogP contribution is 2.31. The Morgan fingerprint density at radius 3 is 2.61 bits per heavy atom. The Morgan fingerprint density at radius 2 is 1.96 bits per heavy atom. The second-order valence-electron chi connectivity index (χ2n) is 5.54. The number of amides is 1. The van der Waals surface area contributed by atoms with Gasteiger partial charge in [0.05, 0.1) is 18.8 Å². The third-order valence-corrected chi connectivity index (χ3v) is 3.74. The largest absolute Gasteiger partial charge is 0.464 e. The molecule has 1 aliphatic carbocycles. The van der Waals surface area contributed by atoms with E-state index in [1.807, 2.05) is 30.3 Å². The molecule has 23 heavy (non-hydrogen) atoms. The molecule has 0 heterocycles. The predicted octanol–water partition coefficient (Wildman–Crippen LogP) is 0.730. The van der Waals surface area contributed by atoms with Crippen LogP contribution in [0.15, 0.2) is 30.3 Å². The zero-order chi connectivity index (χ0) is 16.9. The van der Waals surface area contributed by atoms with Crippen molar-refractivity contribution < 1.29 is 29.3 Å². The summed E-state index contributed by atoms with van der Waals surface area (Å²) in [6, 6.07) is 8.38. The number of hydrogen-bond acceptors (Lipinski definition) is 6. The maximum atomic E-state index is 11.8. The van der Waals surface area contributed by atoms with Gasteiger partial charge in [0, 0.05) is 12.8 Å². The average Bonchev–Trinajstić information content (AvgIpc) is 2.82. The third kappa shape index (κ3) is 4.43. The third-order valence-electron chi connectivity index (χ3n) is 3.74. The number of carbonyl (C=O) groups excluding carboxylic acids is 2. The first-order valence-electron chi connectivity index (χ1n) is 7.49. The molecular weight excluding hydrogens is 302 g/mol. The first kappa shape index (κ1) is 17.2. The van der Waals surface area contributed by atoms with Gasteiger partial charge in [-0.05, 0) is 12.5 Å². The van der Waals surface area contributed by atoms with Crippen LogP contribution < -0.4 is 5.32 Å². The van der Waals surface area contributed by atoms with Crippen LogP contribution in [0.5, 0.6) is 0 Å². The average molecular weight is 323 g/mol. The molecule has 1 aromatic rings. The standard InChI is InChI=1S/C16H21NO6/c1-2-22-14(19)16(21)8-12(13(18)9-16)17-15(20)23-10-11-6-4-3-5-7-11/h3-7,12-13,18,21H,2,8-10H2,1H3,(H,17,20)/t12-,13?,16-/m1/s1. The molecule has 1 amide bonds. The van der Waals surface area contributed by atoms with Gasteiger partial charge in [0.2, 0.25) is 0 Å². The van der Waals surface area contributed by atoms with E-state index in [2.05, 4.69) is 5.32 Å². The monoisotopic (exact) mass is 323 g/mol. The second-order valence-corrected chi connectivity index (χ2v) is 5.54. The Balaban J connectivity index is 1.85. The Morgan fingerprint density at radius 1 is 1.26 bits per heavy atom. The lowest BCUT2D eigenvalue weighted by Gasteiger charge is -2.20. The molecule has 126 valence electrons. The van der Waals surface area contributed by atoms with Gasteiger partial charge in [0.15, 0.2) is 5.60 Å². The minimum atomic E-state index is -1.78. The lowest BCUT2D eigenvalue weighted by atomic mass is 10.0. The fourth-order valence-electron chi connectivity index (χ4n) is 2.57. The van der Waals surface area contributed by atoms with E-state index >= 15 is 0 Å². The lowest BCUT2D eigenvalue weighted by molar-refractivity contribution is -0.165. The van der Waals surface area contributed by atoms with Crippen molar-refractivity contribution in [1.29, 1.82) is 0 Å². The summed E-state index contributed by atoms with van der Waals surface area (Å²) >= 11 is 0. The van der Waals surface area contributed by atoms with Gasteiger partial charge in [-0.3, -0.25) is 0 Å². The summed E-state index contributed by atoms with van der Waals surface area (Å²) in [6.45, 7) is 1.86. The molecule has 0 bridgehead atoms. The summed E-state index contributed by atoms with van der Waals surface area (Å²) in [5.41, 5.74) is -0.954. The van der Waals surface area contributed by atoms with Crippen LogP contribution >= 0.6 is 0 Å². The van der Waals surface area contributed by atoms with Crippen LogP contribution in [0.1, 0.15) is 25.3 Å². The molecule has 3 N–H and O–H groups in total. The molecule has 1 aromatic carbocycles. The highest BCUT2D eigenvalue weighted by molar-refractivity contribution is 5.80. The number of aliphatic hydroxyl groups is 2. The van der Waals surface area contributed by atoms with Crippen LogP contribution in [0.2, 0.25) is 0 Å². The molecule has 0 saturated heterocycles. The Labute approximate surface area is 134 Å². The SMILES string of the molecule is CCOC(=O)[C@]1(O)CC(O)[C@H](NC(=O)OCc2ccccc2)C1. The van der Waals surface area contributed by atoms with E-state index in [1.54, 1.807) is 6.92 Å². The fraction of sp³-hybridized carbons (Fsp3) is 0.500. The summed E-state index contributed by atoms with van der Waals surface area (Å²) in [5, 5.41) is 22.6. The number of benzene rings is 1. The van der Waals surface area contributed by atoms with E-state index in [0.717, 1.165) is 5.56 Å². The molecule has 1 saturated carbocycles. The predicted molar refractivity (Wildman–Crippen MR) is 80.4 cm³/mol. The number of ether oxygens (including phenoxy) is 2. The van der Waals surface area contributed by atoms with Gasteiger partial charge in [0.25, 0.3) is 0 Å². The first-order chi connectivity index (χ1) is 10.9. The molecule has 2 rings (SSSR count). The topological polar surface area (TPSA) is 105 Å². The summed E-state index contributed by atoms with van der Waals surface area (Å²) in [5.74, 6) is -0.791. The van der Waals surface area contributed by atoms with Gasteiger partial charge in [-0.2, -0.15) is 0 Å². The molecule has 7 nitrogen and oxygen atoms in total. The van der Waals surface area contributed by atoms with Gasteiger partial charge in [-0.25, -0.2) is 9.59 Å².